The lowest BCUT2D eigenvalue weighted by Crippen LogP contribution is -2.13. The number of amides is 1. The van der Waals surface area contributed by atoms with Crippen LogP contribution in [-0.2, 0) is 0 Å². The van der Waals surface area contributed by atoms with Gasteiger partial charge in [0.1, 0.15) is 6.29 Å². The molecular weight excluding hydrogens is 272 g/mol. The fourth-order valence-electron chi connectivity index (χ4n) is 1.86. The van der Waals surface area contributed by atoms with Crippen LogP contribution in [0.3, 0.4) is 0 Å². The lowest BCUT2D eigenvalue weighted by atomic mass is 10.1. The normalized spacial score (nSPS) is 9.95. The Bertz CT molecular complexity index is 725. The molecule has 21 heavy (non-hydrogen) atoms. The number of aldehydes is 1. The lowest BCUT2D eigenvalue weighted by molar-refractivity contribution is -0.384. The first-order valence-corrected chi connectivity index (χ1v) is 6.13. The third kappa shape index (κ3) is 3.30. The summed E-state index contributed by atoms with van der Waals surface area (Å²) in [5, 5.41) is 13.4. The number of nitrogens with one attached hydrogen (secondary N) is 1. The van der Waals surface area contributed by atoms with Crippen LogP contribution in [0.15, 0.2) is 42.5 Å². The Kier molecular flexibility index (Phi) is 4.08. The third-order valence-corrected chi connectivity index (χ3v) is 2.96. The molecule has 0 heterocycles. The number of carbonyl (C=O) groups is 2. The second-order valence-electron chi connectivity index (χ2n) is 4.45. The molecule has 0 bridgehead atoms. The molecule has 0 saturated heterocycles. The maximum absolute atomic E-state index is 12.2. The fraction of sp³-hybridized carbons (Fsp3) is 0.0667. The van der Waals surface area contributed by atoms with Crippen molar-refractivity contribution in [2.45, 2.75) is 6.92 Å². The number of nitro groups is 1. The van der Waals surface area contributed by atoms with Crippen molar-refractivity contribution in [2.24, 2.45) is 0 Å². The first-order valence-electron chi connectivity index (χ1n) is 6.13. The van der Waals surface area contributed by atoms with E-state index in [-0.39, 0.29) is 11.3 Å². The summed E-state index contributed by atoms with van der Waals surface area (Å²) < 4.78 is 0. The summed E-state index contributed by atoms with van der Waals surface area (Å²) in [6.45, 7) is 1.69. The minimum absolute atomic E-state index is 0.146. The zero-order valence-corrected chi connectivity index (χ0v) is 11.2. The van der Waals surface area contributed by atoms with Crippen LogP contribution in [0.4, 0.5) is 11.4 Å². The molecule has 0 radical (unpaired) electrons. The van der Waals surface area contributed by atoms with E-state index in [4.69, 9.17) is 0 Å². The Morgan fingerprint density at radius 3 is 2.67 bits per heavy atom. The van der Waals surface area contributed by atoms with Crippen molar-refractivity contribution in [1.29, 1.82) is 0 Å². The summed E-state index contributed by atoms with van der Waals surface area (Å²) in [5.41, 5.74) is 1.59. The molecule has 1 N–H and O–H groups in total. The topological polar surface area (TPSA) is 89.3 Å². The molecule has 0 atom stereocenters. The van der Waals surface area contributed by atoms with Gasteiger partial charge >= 0.3 is 0 Å². The van der Waals surface area contributed by atoms with Crippen molar-refractivity contribution in [3.05, 3.63) is 69.3 Å². The molecule has 2 aromatic carbocycles. The average Bonchev–Trinajstić information content (AvgIpc) is 2.47. The van der Waals surface area contributed by atoms with E-state index in [1.165, 1.54) is 24.3 Å². The van der Waals surface area contributed by atoms with Crippen molar-refractivity contribution < 1.29 is 14.5 Å². The standard InChI is InChI=1S/C15H12N2O4/c1-10-5-6-13(17(20)21)8-14(10)15(19)16-12-4-2-3-11(7-12)9-18/h2-9H,1H3,(H,16,19). The van der Waals surface area contributed by atoms with E-state index in [9.17, 15) is 19.7 Å². The van der Waals surface area contributed by atoms with Crippen LogP contribution < -0.4 is 5.32 Å². The highest BCUT2D eigenvalue weighted by molar-refractivity contribution is 6.05. The summed E-state index contributed by atoms with van der Waals surface area (Å²) in [4.78, 5) is 33.1. The van der Waals surface area contributed by atoms with Crippen LogP contribution in [0, 0.1) is 17.0 Å². The van der Waals surface area contributed by atoms with Gasteiger partial charge < -0.3 is 5.32 Å². The monoisotopic (exact) mass is 284 g/mol. The van der Waals surface area contributed by atoms with Crippen molar-refractivity contribution in [3.8, 4) is 0 Å². The molecule has 0 spiro atoms. The Labute approximate surface area is 120 Å². The number of non-ortho nitro benzene ring substituents is 1. The van der Waals surface area contributed by atoms with Crippen molar-refractivity contribution in [2.75, 3.05) is 5.32 Å². The minimum atomic E-state index is -0.552. The number of anilines is 1. The smallest absolute Gasteiger partial charge is 0.270 e. The maximum Gasteiger partial charge on any atom is 0.270 e. The highest BCUT2D eigenvalue weighted by atomic mass is 16.6. The van der Waals surface area contributed by atoms with E-state index in [1.807, 2.05) is 0 Å². The maximum atomic E-state index is 12.2. The Hall–Kier alpha value is -3.02. The van der Waals surface area contributed by atoms with Gasteiger partial charge in [-0.15, -0.1) is 0 Å². The first kappa shape index (κ1) is 14.4. The number of hydrogen-bond acceptors (Lipinski definition) is 4. The van der Waals surface area contributed by atoms with Crippen molar-refractivity contribution in [1.82, 2.24) is 0 Å². The Balaban J connectivity index is 2.29. The molecule has 0 aliphatic rings. The van der Waals surface area contributed by atoms with Crippen molar-refractivity contribution in [3.63, 3.8) is 0 Å². The molecule has 0 aliphatic heterocycles. The largest absolute Gasteiger partial charge is 0.322 e. The highest BCUT2D eigenvalue weighted by Crippen LogP contribution is 2.19. The van der Waals surface area contributed by atoms with Gasteiger partial charge in [0.05, 0.1) is 4.92 Å². The molecule has 0 aliphatic carbocycles. The molecule has 0 unspecified atom stereocenters. The van der Waals surface area contributed by atoms with Crippen LogP contribution in [0.25, 0.3) is 0 Å². The number of benzene rings is 2. The lowest BCUT2D eigenvalue weighted by Gasteiger charge is -2.08. The van der Waals surface area contributed by atoms with E-state index < -0.39 is 10.8 Å². The van der Waals surface area contributed by atoms with Crippen LogP contribution in [-0.4, -0.2) is 17.1 Å². The molecule has 0 fully saturated rings. The molecule has 2 aromatic rings. The quantitative estimate of drug-likeness (QED) is 0.531. The average molecular weight is 284 g/mol. The fourth-order valence-corrected chi connectivity index (χ4v) is 1.86. The zero-order valence-electron chi connectivity index (χ0n) is 11.2. The van der Waals surface area contributed by atoms with Gasteiger partial charge in [-0.25, -0.2) is 0 Å². The van der Waals surface area contributed by atoms with Gasteiger partial charge in [-0.1, -0.05) is 18.2 Å². The number of nitrogens with zero attached hydrogens (tertiary/aromatic N) is 1. The van der Waals surface area contributed by atoms with E-state index in [1.54, 1.807) is 25.1 Å². The molecule has 6 nitrogen and oxygen atoms in total. The predicted octanol–water partition coefficient (Wildman–Crippen LogP) is 2.97. The van der Waals surface area contributed by atoms with E-state index in [0.717, 1.165) is 0 Å². The number of carbonyl (C=O) groups excluding carboxylic acids is 2. The van der Waals surface area contributed by atoms with E-state index in [0.29, 0.717) is 23.1 Å². The second-order valence-corrected chi connectivity index (χ2v) is 4.45. The van der Waals surface area contributed by atoms with Gasteiger partial charge in [0.2, 0.25) is 0 Å². The summed E-state index contributed by atoms with van der Waals surface area (Å²) in [5.74, 6) is -0.459. The van der Waals surface area contributed by atoms with Gasteiger partial charge in [0.25, 0.3) is 11.6 Å². The van der Waals surface area contributed by atoms with Crippen LogP contribution in [0.2, 0.25) is 0 Å². The molecular formula is C15H12N2O4. The second kappa shape index (κ2) is 5.96. The molecule has 6 heteroatoms. The van der Waals surface area contributed by atoms with Gasteiger partial charge in [-0.3, -0.25) is 19.7 Å². The molecule has 0 saturated carbocycles. The zero-order chi connectivity index (χ0) is 15.4. The molecule has 0 aromatic heterocycles. The number of rotatable bonds is 4. The van der Waals surface area contributed by atoms with Gasteiger partial charge in [-0.05, 0) is 24.6 Å². The Morgan fingerprint density at radius 2 is 2.00 bits per heavy atom. The summed E-state index contributed by atoms with van der Waals surface area (Å²) in [6, 6.07) is 10.5. The van der Waals surface area contributed by atoms with Crippen LogP contribution in [0.1, 0.15) is 26.3 Å². The third-order valence-electron chi connectivity index (χ3n) is 2.96. The summed E-state index contributed by atoms with van der Waals surface area (Å²) in [7, 11) is 0. The van der Waals surface area contributed by atoms with E-state index in [2.05, 4.69) is 5.32 Å². The summed E-state index contributed by atoms with van der Waals surface area (Å²) >= 11 is 0. The predicted molar refractivity (Wildman–Crippen MR) is 77.6 cm³/mol. The Morgan fingerprint density at radius 1 is 1.24 bits per heavy atom. The minimum Gasteiger partial charge on any atom is -0.322 e. The van der Waals surface area contributed by atoms with Crippen LogP contribution >= 0.6 is 0 Å². The first-order chi connectivity index (χ1) is 10.0. The SMILES string of the molecule is Cc1ccc([N+](=O)[O-])cc1C(=O)Nc1cccc(C=O)c1. The number of aryl methyl sites for hydroxylation is 1. The van der Waals surface area contributed by atoms with Gasteiger partial charge in [0, 0.05) is 28.9 Å². The molecule has 2 rings (SSSR count). The highest BCUT2D eigenvalue weighted by Gasteiger charge is 2.14. The summed E-state index contributed by atoms with van der Waals surface area (Å²) in [6.07, 6.45) is 0.675. The van der Waals surface area contributed by atoms with E-state index >= 15 is 0 Å². The van der Waals surface area contributed by atoms with Gasteiger partial charge in [0.15, 0.2) is 0 Å². The van der Waals surface area contributed by atoms with Crippen molar-refractivity contribution >= 4 is 23.6 Å². The molecule has 106 valence electrons. The van der Waals surface area contributed by atoms with Crippen LogP contribution in [0.5, 0.6) is 0 Å². The number of hydrogen-bond donors (Lipinski definition) is 1. The van der Waals surface area contributed by atoms with Gasteiger partial charge in [-0.2, -0.15) is 0 Å². The number of nitro benzene ring substituents is 1. The molecule has 1 amide bonds.